The topological polar surface area (TPSA) is 76.9 Å². The van der Waals surface area contributed by atoms with E-state index in [0.717, 1.165) is 27.0 Å². The number of thioether (sulfide) groups is 1. The molecule has 3 heterocycles. The molecule has 1 aromatic carbocycles. The van der Waals surface area contributed by atoms with Crippen molar-refractivity contribution >= 4 is 55.1 Å². The smallest absolute Gasteiger partial charge is 0.272 e. The zero-order chi connectivity index (χ0) is 22.1. The SMILES string of the molecule is Cc1cccc(C)c1NC(=O)CSc1nc2c(sc3ncccc32)c(=O)n1CC(C)C. The number of carbonyl (C=O) groups is 1. The van der Waals surface area contributed by atoms with Crippen LogP contribution in [0.25, 0.3) is 20.4 Å². The minimum atomic E-state index is -0.121. The van der Waals surface area contributed by atoms with Gasteiger partial charge in [0, 0.05) is 23.8 Å². The number of aryl methyl sites for hydroxylation is 2. The summed E-state index contributed by atoms with van der Waals surface area (Å²) in [5, 5.41) is 4.44. The number of pyridine rings is 1. The number of carbonyl (C=O) groups excluding carboxylic acids is 1. The van der Waals surface area contributed by atoms with Gasteiger partial charge >= 0.3 is 0 Å². The van der Waals surface area contributed by atoms with Crippen LogP contribution in [0.4, 0.5) is 5.69 Å². The van der Waals surface area contributed by atoms with E-state index in [1.807, 2.05) is 44.2 Å². The lowest BCUT2D eigenvalue weighted by Crippen LogP contribution is -2.25. The Hall–Kier alpha value is -2.71. The molecular weight excluding hydrogens is 428 g/mol. The minimum absolute atomic E-state index is 0.0700. The largest absolute Gasteiger partial charge is 0.325 e. The van der Waals surface area contributed by atoms with Crippen LogP contribution < -0.4 is 10.9 Å². The number of hydrogen-bond acceptors (Lipinski definition) is 6. The maximum Gasteiger partial charge on any atom is 0.272 e. The molecule has 0 unspecified atom stereocenters. The van der Waals surface area contributed by atoms with Crippen molar-refractivity contribution in [2.24, 2.45) is 5.92 Å². The van der Waals surface area contributed by atoms with Crippen molar-refractivity contribution in [1.82, 2.24) is 14.5 Å². The Bertz CT molecular complexity index is 1320. The summed E-state index contributed by atoms with van der Waals surface area (Å²) >= 11 is 2.67. The van der Waals surface area contributed by atoms with Gasteiger partial charge in [0.15, 0.2) is 5.16 Å². The number of rotatable bonds is 6. The zero-order valence-electron chi connectivity index (χ0n) is 17.9. The van der Waals surface area contributed by atoms with E-state index in [2.05, 4.69) is 24.1 Å². The van der Waals surface area contributed by atoms with Crippen LogP contribution in [-0.2, 0) is 11.3 Å². The van der Waals surface area contributed by atoms with Crippen molar-refractivity contribution in [2.45, 2.75) is 39.4 Å². The molecule has 0 saturated carbocycles. The van der Waals surface area contributed by atoms with Crippen LogP contribution in [0.5, 0.6) is 0 Å². The fourth-order valence-corrected chi connectivity index (χ4v) is 5.33. The third-order valence-electron chi connectivity index (χ3n) is 4.94. The molecular formula is C23H24N4O2S2. The van der Waals surface area contributed by atoms with Crippen LogP contribution >= 0.6 is 23.1 Å². The maximum atomic E-state index is 13.3. The molecule has 1 amide bonds. The average Bonchev–Trinajstić information content (AvgIpc) is 3.10. The van der Waals surface area contributed by atoms with E-state index in [4.69, 9.17) is 4.98 Å². The molecule has 0 aliphatic carbocycles. The summed E-state index contributed by atoms with van der Waals surface area (Å²) < 4.78 is 2.30. The quantitative estimate of drug-likeness (QED) is 0.329. The molecule has 0 bridgehead atoms. The summed E-state index contributed by atoms with van der Waals surface area (Å²) in [5.74, 6) is 0.321. The molecule has 6 nitrogen and oxygen atoms in total. The van der Waals surface area contributed by atoms with Gasteiger partial charge in [-0.25, -0.2) is 9.97 Å². The zero-order valence-corrected chi connectivity index (χ0v) is 19.6. The Morgan fingerprint density at radius 2 is 1.94 bits per heavy atom. The molecule has 160 valence electrons. The molecule has 8 heteroatoms. The van der Waals surface area contributed by atoms with Gasteiger partial charge in [-0.3, -0.25) is 14.2 Å². The number of nitrogens with one attached hydrogen (secondary N) is 1. The predicted molar refractivity (Wildman–Crippen MR) is 129 cm³/mol. The third kappa shape index (κ3) is 4.36. The highest BCUT2D eigenvalue weighted by atomic mass is 32.2. The van der Waals surface area contributed by atoms with Crippen molar-refractivity contribution in [3.63, 3.8) is 0 Å². The Kier molecular flexibility index (Phi) is 6.11. The van der Waals surface area contributed by atoms with E-state index in [1.165, 1.54) is 23.1 Å². The lowest BCUT2D eigenvalue weighted by Gasteiger charge is -2.14. The Morgan fingerprint density at radius 1 is 1.19 bits per heavy atom. The van der Waals surface area contributed by atoms with Crippen molar-refractivity contribution < 1.29 is 4.79 Å². The lowest BCUT2D eigenvalue weighted by molar-refractivity contribution is -0.113. The molecule has 1 N–H and O–H groups in total. The van der Waals surface area contributed by atoms with Gasteiger partial charge < -0.3 is 5.32 Å². The van der Waals surface area contributed by atoms with Crippen LogP contribution in [-0.4, -0.2) is 26.2 Å². The van der Waals surface area contributed by atoms with E-state index >= 15 is 0 Å². The molecule has 0 saturated heterocycles. The van der Waals surface area contributed by atoms with E-state index in [9.17, 15) is 9.59 Å². The molecule has 0 radical (unpaired) electrons. The van der Waals surface area contributed by atoms with Crippen LogP contribution in [0.15, 0.2) is 46.5 Å². The van der Waals surface area contributed by atoms with Gasteiger partial charge in [0.25, 0.3) is 5.56 Å². The summed E-state index contributed by atoms with van der Waals surface area (Å²) in [7, 11) is 0. The van der Waals surface area contributed by atoms with Gasteiger partial charge in [0.2, 0.25) is 5.91 Å². The van der Waals surface area contributed by atoms with Crippen molar-refractivity contribution in [3.05, 3.63) is 58.0 Å². The average molecular weight is 453 g/mol. The van der Waals surface area contributed by atoms with Crippen LogP contribution in [0.1, 0.15) is 25.0 Å². The second-order valence-electron chi connectivity index (χ2n) is 7.94. The van der Waals surface area contributed by atoms with Crippen molar-refractivity contribution in [1.29, 1.82) is 0 Å². The van der Waals surface area contributed by atoms with E-state index < -0.39 is 0 Å². The Balaban J connectivity index is 1.67. The van der Waals surface area contributed by atoms with E-state index in [-0.39, 0.29) is 23.1 Å². The Labute approximate surface area is 188 Å². The number of amides is 1. The van der Waals surface area contributed by atoms with Gasteiger partial charge in [-0.15, -0.1) is 11.3 Å². The second-order valence-corrected chi connectivity index (χ2v) is 9.89. The monoisotopic (exact) mass is 452 g/mol. The van der Waals surface area contributed by atoms with E-state index in [0.29, 0.717) is 21.9 Å². The highest BCUT2D eigenvalue weighted by Gasteiger charge is 2.18. The molecule has 3 aromatic heterocycles. The minimum Gasteiger partial charge on any atom is -0.325 e. The molecule has 0 spiro atoms. The number of para-hydroxylation sites is 1. The fourth-order valence-electron chi connectivity index (χ4n) is 3.49. The lowest BCUT2D eigenvalue weighted by atomic mass is 10.1. The highest BCUT2D eigenvalue weighted by molar-refractivity contribution is 7.99. The molecule has 0 aliphatic heterocycles. The molecule has 0 aliphatic rings. The summed E-state index contributed by atoms with van der Waals surface area (Å²) in [4.78, 5) is 35.9. The van der Waals surface area contributed by atoms with Crippen molar-refractivity contribution in [3.8, 4) is 0 Å². The highest BCUT2D eigenvalue weighted by Crippen LogP contribution is 2.30. The van der Waals surface area contributed by atoms with Gasteiger partial charge in [-0.1, -0.05) is 43.8 Å². The predicted octanol–water partition coefficient (Wildman–Crippen LogP) is 5.01. The maximum absolute atomic E-state index is 13.3. The van der Waals surface area contributed by atoms with Crippen LogP contribution in [0.3, 0.4) is 0 Å². The number of hydrogen-bond donors (Lipinski definition) is 1. The molecule has 0 atom stereocenters. The number of aromatic nitrogens is 3. The summed E-state index contributed by atoms with van der Waals surface area (Å²) in [6.07, 6.45) is 1.72. The second kappa shape index (κ2) is 8.80. The number of anilines is 1. The van der Waals surface area contributed by atoms with E-state index in [1.54, 1.807) is 10.8 Å². The first-order valence-corrected chi connectivity index (χ1v) is 11.9. The molecule has 31 heavy (non-hydrogen) atoms. The first-order valence-electron chi connectivity index (χ1n) is 10.1. The molecule has 4 aromatic rings. The number of thiophene rings is 1. The summed E-state index contributed by atoms with van der Waals surface area (Å²) in [6.45, 7) is 8.61. The summed E-state index contributed by atoms with van der Waals surface area (Å²) in [6, 6.07) is 9.70. The molecule has 0 fully saturated rings. The third-order valence-corrected chi connectivity index (χ3v) is 7.01. The van der Waals surface area contributed by atoms with Gasteiger partial charge in [-0.05, 0) is 43.0 Å². The van der Waals surface area contributed by atoms with Gasteiger partial charge in [0.1, 0.15) is 9.53 Å². The van der Waals surface area contributed by atoms with Gasteiger partial charge in [0.05, 0.1) is 11.3 Å². The number of benzene rings is 1. The first kappa shape index (κ1) is 21.5. The normalized spacial score (nSPS) is 11.5. The standard InChI is InChI=1S/C23H24N4O2S2/c1-13(2)11-27-22(29)20-19(16-9-6-10-24-21(16)31-20)26-23(27)30-12-17(28)25-18-14(3)7-5-8-15(18)4/h5-10,13H,11-12H2,1-4H3,(H,25,28). The fraction of sp³-hybridized carbons (Fsp3) is 0.304. The first-order chi connectivity index (χ1) is 14.8. The summed E-state index contributed by atoms with van der Waals surface area (Å²) in [5.41, 5.74) is 3.47. The van der Waals surface area contributed by atoms with Crippen LogP contribution in [0.2, 0.25) is 0 Å². The Morgan fingerprint density at radius 3 is 2.65 bits per heavy atom. The van der Waals surface area contributed by atoms with Gasteiger partial charge in [-0.2, -0.15) is 0 Å². The molecule has 4 rings (SSSR count). The number of fused-ring (bicyclic) bond motifs is 3. The number of nitrogens with zero attached hydrogens (tertiary/aromatic N) is 3. The van der Waals surface area contributed by atoms with Crippen LogP contribution in [0, 0.1) is 19.8 Å². The van der Waals surface area contributed by atoms with Crippen molar-refractivity contribution in [2.75, 3.05) is 11.1 Å².